The van der Waals surface area contributed by atoms with E-state index >= 15 is 0 Å². The summed E-state index contributed by atoms with van der Waals surface area (Å²) in [5, 5.41) is 10.6. The van der Waals surface area contributed by atoms with Crippen molar-refractivity contribution in [2.45, 2.75) is 43.9 Å². The van der Waals surface area contributed by atoms with Gasteiger partial charge >= 0.3 is 0 Å². The number of likely N-dealkylation sites (N-methyl/N-ethyl adjacent to an activating group) is 1. The van der Waals surface area contributed by atoms with Crippen LogP contribution in [0.2, 0.25) is 0 Å². The van der Waals surface area contributed by atoms with Gasteiger partial charge in [-0.15, -0.1) is 0 Å². The van der Waals surface area contributed by atoms with Crippen molar-refractivity contribution in [1.82, 2.24) is 14.5 Å². The van der Waals surface area contributed by atoms with Gasteiger partial charge < -0.3 is 14.6 Å². The number of carbonyl (C=O) groups excluding carboxylic acids is 1. The van der Waals surface area contributed by atoms with Crippen molar-refractivity contribution in [3.63, 3.8) is 0 Å². The van der Waals surface area contributed by atoms with Crippen LogP contribution in [0.5, 0.6) is 0 Å². The number of nitrogens with zero attached hydrogens (tertiary/aromatic N) is 3. The van der Waals surface area contributed by atoms with E-state index in [1.807, 2.05) is 41.1 Å². The summed E-state index contributed by atoms with van der Waals surface area (Å²) < 4.78 is 1.94. The van der Waals surface area contributed by atoms with E-state index in [4.69, 9.17) is 0 Å². The molecule has 1 amide bonds. The predicted molar refractivity (Wildman–Crippen MR) is 87.8 cm³/mol. The van der Waals surface area contributed by atoms with Crippen LogP contribution < -0.4 is 0 Å². The van der Waals surface area contributed by atoms with Gasteiger partial charge in [0, 0.05) is 25.9 Å². The standard InChI is InChI=1S/C18H23N3O2/c1-20(17(22)10-7-14-5-3-2-4-6-14)15-8-9-16(18(15)23)21-12-11-19-13-21/h2-6,11-13,15-16,18,23H,7-10H2,1H3/t15-,16-,18-/m1/s1. The number of hydrogen-bond acceptors (Lipinski definition) is 3. The molecule has 0 spiro atoms. The lowest BCUT2D eigenvalue weighted by atomic mass is 10.1. The number of benzene rings is 1. The monoisotopic (exact) mass is 313 g/mol. The zero-order valence-electron chi connectivity index (χ0n) is 13.4. The molecule has 2 aromatic rings. The second-order valence-corrected chi connectivity index (χ2v) is 6.20. The van der Waals surface area contributed by atoms with E-state index in [1.54, 1.807) is 24.5 Å². The summed E-state index contributed by atoms with van der Waals surface area (Å²) in [6.07, 6.45) is 7.65. The summed E-state index contributed by atoms with van der Waals surface area (Å²) in [6.45, 7) is 0. The van der Waals surface area contributed by atoms with Gasteiger partial charge in [0.05, 0.1) is 24.5 Å². The Kier molecular flexibility index (Phi) is 4.76. The SMILES string of the molecule is CN(C(=O)CCc1ccccc1)[C@@H]1CC[C@@H](n2ccnc2)[C@@H]1O. The Labute approximate surface area is 136 Å². The zero-order chi connectivity index (χ0) is 16.2. The van der Waals surface area contributed by atoms with Gasteiger partial charge in [0.2, 0.25) is 5.91 Å². The third-order valence-electron chi connectivity index (χ3n) is 4.82. The lowest BCUT2D eigenvalue weighted by molar-refractivity contribution is -0.133. The second kappa shape index (κ2) is 6.96. The van der Waals surface area contributed by atoms with Crippen molar-refractivity contribution in [1.29, 1.82) is 0 Å². The summed E-state index contributed by atoms with van der Waals surface area (Å²) >= 11 is 0. The molecule has 0 aliphatic heterocycles. The fraction of sp³-hybridized carbons (Fsp3) is 0.444. The van der Waals surface area contributed by atoms with E-state index in [-0.39, 0.29) is 18.0 Å². The molecule has 1 N–H and O–H groups in total. The van der Waals surface area contributed by atoms with Gasteiger partial charge in [0.1, 0.15) is 0 Å². The summed E-state index contributed by atoms with van der Waals surface area (Å²) in [4.78, 5) is 18.2. The van der Waals surface area contributed by atoms with E-state index in [0.29, 0.717) is 6.42 Å². The van der Waals surface area contributed by atoms with E-state index in [1.165, 1.54) is 0 Å². The molecule has 1 aliphatic carbocycles. The van der Waals surface area contributed by atoms with Gasteiger partial charge in [-0.1, -0.05) is 30.3 Å². The maximum Gasteiger partial charge on any atom is 0.222 e. The molecular formula is C18H23N3O2. The number of carbonyl (C=O) groups is 1. The van der Waals surface area contributed by atoms with Gasteiger partial charge in [0.15, 0.2) is 0 Å². The van der Waals surface area contributed by atoms with E-state index in [9.17, 15) is 9.90 Å². The lowest BCUT2D eigenvalue weighted by Gasteiger charge is -2.29. The van der Waals surface area contributed by atoms with Crippen molar-refractivity contribution >= 4 is 5.91 Å². The van der Waals surface area contributed by atoms with E-state index in [0.717, 1.165) is 24.8 Å². The summed E-state index contributed by atoms with van der Waals surface area (Å²) in [7, 11) is 1.80. The van der Waals surface area contributed by atoms with E-state index < -0.39 is 6.10 Å². The minimum absolute atomic E-state index is 0.00636. The number of imidazole rings is 1. The average molecular weight is 313 g/mol. The number of aliphatic hydroxyl groups is 1. The predicted octanol–water partition coefficient (Wildman–Crippen LogP) is 2.04. The van der Waals surface area contributed by atoms with Crippen LogP contribution in [0.1, 0.15) is 30.9 Å². The molecule has 0 saturated heterocycles. The van der Waals surface area contributed by atoms with Gasteiger partial charge in [-0.3, -0.25) is 4.79 Å². The first-order valence-electron chi connectivity index (χ1n) is 8.12. The molecule has 5 nitrogen and oxygen atoms in total. The van der Waals surface area contributed by atoms with Crippen LogP contribution in [-0.2, 0) is 11.2 Å². The Hall–Kier alpha value is -2.14. The van der Waals surface area contributed by atoms with Crippen LogP contribution in [0.25, 0.3) is 0 Å². The minimum Gasteiger partial charge on any atom is -0.389 e. The normalized spacial score (nSPS) is 23.8. The van der Waals surface area contributed by atoms with Gasteiger partial charge in [-0.25, -0.2) is 4.98 Å². The molecule has 0 radical (unpaired) electrons. The highest BCUT2D eigenvalue weighted by molar-refractivity contribution is 5.76. The summed E-state index contributed by atoms with van der Waals surface area (Å²) in [6, 6.07) is 9.90. The fourth-order valence-corrected chi connectivity index (χ4v) is 3.41. The zero-order valence-corrected chi connectivity index (χ0v) is 13.4. The number of amides is 1. The molecule has 5 heteroatoms. The van der Waals surface area contributed by atoms with Crippen LogP contribution in [0.3, 0.4) is 0 Å². The first kappa shape index (κ1) is 15.7. The van der Waals surface area contributed by atoms with Crippen LogP contribution in [0, 0.1) is 0 Å². The topological polar surface area (TPSA) is 58.4 Å². The quantitative estimate of drug-likeness (QED) is 0.919. The molecule has 3 rings (SSSR count). The van der Waals surface area contributed by atoms with Crippen molar-refractivity contribution in [2.24, 2.45) is 0 Å². The maximum atomic E-state index is 12.4. The highest BCUT2D eigenvalue weighted by Gasteiger charge is 2.39. The maximum absolute atomic E-state index is 12.4. The third-order valence-corrected chi connectivity index (χ3v) is 4.82. The van der Waals surface area contributed by atoms with Crippen molar-refractivity contribution in [2.75, 3.05) is 7.05 Å². The Bertz CT molecular complexity index is 627. The van der Waals surface area contributed by atoms with Gasteiger partial charge in [-0.2, -0.15) is 0 Å². The number of aryl methyl sites for hydroxylation is 1. The van der Waals surface area contributed by atoms with Gasteiger partial charge in [0.25, 0.3) is 0 Å². The average Bonchev–Trinajstić information content (AvgIpc) is 3.22. The summed E-state index contributed by atoms with van der Waals surface area (Å²) in [5.74, 6) is 0.0872. The molecular weight excluding hydrogens is 290 g/mol. The molecule has 3 atom stereocenters. The number of aromatic nitrogens is 2. The fourth-order valence-electron chi connectivity index (χ4n) is 3.41. The third kappa shape index (κ3) is 3.45. The van der Waals surface area contributed by atoms with E-state index in [2.05, 4.69) is 4.98 Å². The molecule has 1 fully saturated rings. The Morgan fingerprint density at radius 3 is 2.83 bits per heavy atom. The summed E-state index contributed by atoms with van der Waals surface area (Å²) in [5.41, 5.74) is 1.16. The molecule has 1 aromatic carbocycles. The smallest absolute Gasteiger partial charge is 0.222 e. The van der Waals surface area contributed by atoms with Crippen LogP contribution in [-0.4, -0.2) is 44.7 Å². The molecule has 122 valence electrons. The number of rotatable bonds is 5. The highest BCUT2D eigenvalue weighted by Crippen LogP contribution is 2.33. The molecule has 1 heterocycles. The van der Waals surface area contributed by atoms with Crippen molar-refractivity contribution < 1.29 is 9.90 Å². The van der Waals surface area contributed by atoms with Crippen molar-refractivity contribution in [3.8, 4) is 0 Å². The first-order chi connectivity index (χ1) is 11.2. The second-order valence-electron chi connectivity index (χ2n) is 6.20. The molecule has 1 saturated carbocycles. The number of aliphatic hydroxyl groups excluding tert-OH is 1. The molecule has 0 unspecified atom stereocenters. The van der Waals surface area contributed by atoms with Crippen LogP contribution in [0.4, 0.5) is 0 Å². The Balaban J connectivity index is 1.57. The molecule has 23 heavy (non-hydrogen) atoms. The minimum atomic E-state index is -0.546. The first-order valence-corrected chi connectivity index (χ1v) is 8.12. The highest BCUT2D eigenvalue weighted by atomic mass is 16.3. The Morgan fingerprint density at radius 2 is 2.13 bits per heavy atom. The lowest BCUT2D eigenvalue weighted by Crippen LogP contribution is -2.43. The molecule has 1 aliphatic rings. The molecule has 0 bridgehead atoms. The van der Waals surface area contributed by atoms with Crippen LogP contribution >= 0.6 is 0 Å². The molecule has 1 aromatic heterocycles. The number of hydrogen-bond donors (Lipinski definition) is 1. The largest absolute Gasteiger partial charge is 0.389 e. The Morgan fingerprint density at radius 1 is 1.35 bits per heavy atom. The van der Waals surface area contributed by atoms with Gasteiger partial charge in [-0.05, 0) is 24.8 Å². The van der Waals surface area contributed by atoms with Crippen LogP contribution in [0.15, 0.2) is 49.1 Å². The van der Waals surface area contributed by atoms with Crippen molar-refractivity contribution in [3.05, 3.63) is 54.6 Å².